The predicted molar refractivity (Wildman–Crippen MR) is 113 cm³/mol. The van der Waals surface area contributed by atoms with E-state index >= 15 is 0 Å². The normalized spacial score (nSPS) is 15.8. The third-order valence-electron chi connectivity index (χ3n) is 5.64. The molecular weight excluding hydrogens is 368 g/mol. The van der Waals surface area contributed by atoms with Crippen LogP contribution in [0.1, 0.15) is 36.6 Å². The van der Waals surface area contributed by atoms with E-state index < -0.39 is 0 Å². The summed E-state index contributed by atoms with van der Waals surface area (Å²) < 4.78 is 16.3. The number of methoxy groups -OCH3 is 3. The van der Waals surface area contributed by atoms with Crippen molar-refractivity contribution in [3.8, 4) is 17.2 Å². The first kappa shape index (κ1) is 21.0. The topological polar surface area (TPSA) is 60.0 Å². The van der Waals surface area contributed by atoms with Gasteiger partial charge in [-0.25, -0.2) is 0 Å². The molecule has 156 valence electrons. The molecule has 1 aliphatic heterocycles. The molecule has 0 bridgehead atoms. The molecule has 0 fully saturated rings. The van der Waals surface area contributed by atoms with Crippen molar-refractivity contribution in [1.82, 2.24) is 10.2 Å². The summed E-state index contributed by atoms with van der Waals surface area (Å²) in [5.74, 6) is 2.25. The Labute approximate surface area is 172 Å². The maximum atomic E-state index is 12.9. The number of hydrogen-bond donors (Lipinski definition) is 1. The van der Waals surface area contributed by atoms with Gasteiger partial charge in [-0.05, 0) is 49.6 Å². The van der Waals surface area contributed by atoms with Gasteiger partial charge < -0.3 is 19.5 Å². The van der Waals surface area contributed by atoms with E-state index in [9.17, 15) is 4.79 Å². The maximum absolute atomic E-state index is 12.9. The molecule has 29 heavy (non-hydrogen) atoms. The van der Waals surface area contributed by atoms with Crippen LogP contribution in [0.3, 0.4) is 0 Å². The van der Waals surface area contributed by atoms with Crippen LogP contribution >= 0.6 is 0 Å². The zero-order valence-corrected chi connectivity index (χ0v) is 17.8. The molecule has 0 aliphatic carbocycles. The summed E-state index contributed by atoms with van der Waals surface area (Å²) in [6.07, 6.45) is 0.870. The number of carbonyl (C=O) groups excluding carboxylic acids is 1. The number of rotatable bonds is 7. The van der Waals surface area contributed by atoms with Gasteiger partial charge in [0.25, 0.3) is 0 Å². The van der Waals surface area contributed by atoms with E-state index in [1.165, 1.54) is 11.1 Å². The molecule has 1 amide bonds. The standard InChI is InChI=1S/C23H30N2O4/c1-15(19-8-6-7-9-20(19)27-3)24-23(26)16(2)25-11-10-17-12-21(28-4)22(29-5)13-18(17)14-25/h6-9,12-13,15-16H,10-11,14H2,1-5H3,(H,24,26). The molecule has 1 aliphatic rings. The third kappa shape index (κ3) is 4.48. The van der Waals surface area contributed by atoms with Crippen molar-refractivity contribution in [3.05, 3.63) is 53.1 Å². The van der Waals surface area contributed by atoms with Crippen molar-refractivity contribution >= 4 is 5.91 Å². The first-order valence-corrected chi connectivity index (χ1v) is 9.89. The van der Waals surface area contributed by atoms with Crippen LogP contribution in [-0.2, 0) is 17.8 Å². The Bertz CT molecular complexity index is 868. The summed E-state index contributed by atoms with van der Waals surface area (Å²) in [6, 6.07) is 11.4. The summed E-state index contributed by atoms with van der Waals surface area (Å²) in [4.78, 5) is 15.1. The van der Waals surface area contributed by atoms with Crippen LogP contribution in [0.4, 0.5) is 0 Å². The van der Waals surface area contributed by atoms with Crippen molar-refractivity contribution in [2.24, 2.45) is 0 Å². The highest BCUT2D eigenvalue weighted by atomic mass is 16.5. The number of benzene rings is 2. The Balaban J connectivity index is 1.69. The quantitative estimate of drug-likeness (QED) is 0.775. The Morgan fingerprint density at radius 1 is 0.966 bits per heavy atom. The molecule has 6 nitrogen and oxygen atoms in total. The predicted octanol–water partition coefficient (Wildman–Crippen LogP) is 3.34. The van der Waals surface area contributed by atoms with E-state index in [-0.39, 0.29) is 18.0 Å². The van der Waals surface area contributed by atoms with Crippen LogP contribution in [0.25, 0.3) is 0 Å². The lowest BCUT2D eigenvalue weighted by molar-refractivity contribution is -0.126. The van der Waals surface area contributed by atoms with Crippen LogP contribution in [-0.4, -0.2) is 44.7 Å². The summed E-state index contributed by atoms with van der Waals surface area (Å²) in [5, 5.41) is 3.13. The molecule has 0 spiro atoms. The molecule has 0 radical (unpaired) electrons. The largest absolute Gasteiger partial charge is 0.496 e. The van der Waals surface area contributed by atoms with Gasteiger partial charge in [-0.2, -0.15) is 0 Å². The number of amides is 1. The number of fused-ring (bicyclic) bond motifs is 1. The first-order chi connectivity index (χ1) is 14.0. The second-order valence-electron chi connectivity index (χ2n) is 7.34. The van der Waals surface area contributed by atoms with Gasteiger partial charge in [0.1, 0.15) is 5.75 Å². The Morgan fingerprint density at radius 3 is 2.24 bits per heavy atom. The van der Waals surface area contributed by atoms with Crippen molar-refractivity contribution in [3.63, 3.8) is 0 Å². The molecule has 6 heteroatoms. The van der Waals surface area contributed by atoms with Gasteiger partial charge in [0.15, 0.2) is 11.5 Å². The molecule has 1 N–H and O–H groups in total. The van der Waals surface area contributed by atoms with Crippen molar-refractivity contribution in [2.75, 3.05) is 27.9 Å². The van der Waals surface area contributed by atoms with Gasteiger partial charge in [-0.1, -0.05) is 18.2 Å². The van der Waals surface area contributed by atoms with Gasteiger partial charge in [-0.3, -0.25) is 9.69 Å². The van der Waals surface area contributed by atoms with Crippen molar-refractivity contribution < 1.29 is 19.0 Å². The van der Waals surface area contributed by atoms with Gasteiger partial charge in [0, 0.05) is 18.7 Å². The number of nitrogens with one attached hydrogen (secondary N) is 1. The van der Waals surface area contributed by atoms with Gasteiger partial charge in [-0.15, -0.1) is 0 Å². The molecule has 3 rings (SSSR count). The van der Waals surface area contributed by atoms with Crippen LogP contribution in [0.15, 0.2) is 36.4 Å². The van der Waals surface area contributed by atoms with Crippen molar-refractivity contribution in [2.45, 2.75) is 38.9 Å². The fourth-order valence-corrected chi connectivity index (χ4v) is 3.84. The lowest BCUT2D eigenvalue weighted by Crippen LogP contribution is -2.47. The summed E-state index contributed by atoms with van der Waals surface area (Å²) in [6.45, 7) is 5.45. The molecule has 2 aromatic rings. The van der Waals surface area contributed by atoms with Crippen LogP contribution in [0, 0.1) is 0 Å². The lowest BCUT2D eigenvalue weighted by atomic mass is 9.97. The SMILES string of the molecule is COc1cc2c(cc1OC)CN(C(C)C(=O)NC(C)c1ccccc1OC)CC2. The van der Waals surface area contributed by atoms with Gasteiger partial charge in [0.2, 0.25) is 5.91 Å². The van der Waals surface area contributed by atoms with E-state index in [2.05, 4.69) is 10.2 Å². The van der Waals surface area contributed by atoms with Gasteiger partial charge in [0.05, 0.1) is 33.4 Å². The molecule has 1 heterocycles. The minimum Gasteiger partial charge on any atom is -0.496 e. The monoisotopic (exact) mass is 398 g/mol. The van der Waals surface area contributed by atoms with Crippen molar-refractivity contribution in [1.29, 1.82) is 0 Å². The molecule has 2 atom stereocenters. The highest BCUT2D eigenvalue weighted by Gasteiger charge is 2.27. The van der Waals surface area contributed by atoms with E-state index in [4.69, 9.17) is 14.2 Å². The molecule has 2 aromatic carbocycles. The van der Waals surface area contributed by atoms with Crippen LogP contribution in [0.2, 0.25) is 0 Å². The lowest BCUT2D eigenvalue weighted by Gasteiger charge is -2.34. The fraction of sp³-hybridized carbons (Fsp3) is 0.435. The molecular formula is C23H30N2O4. The molecule has 0 saturated heterocycles. The minimum atomic E-state index is -0.242. The average Bonchev–Trinajstić information content (AvgIpc) is 2.76. The molecule has 0 saturated carbocycles. The van der Waals surface area contributed by atoms with Gasteiger partial charge >= 0.3 is 0 Å². The highest BCUT2D eigenvalue weighted by molar-refractivity contribution is 5.81. The summed E-state index contributed by atoms with van der Waals surface area (Å²) in [5.41, 5.74) is 3.39. The number of hydrogen-bond acceptors (Lipinski definition) is 5. The fourth-order valence-electron chi connectivity index (χ4n) is 3.84. The zero-order chi connectivity index (χ0) is 21.0. The van der Waals surface area contributed by atoms with E-state index in [1.54, 1.807) is 21.3 Å². The zero-order valence-electron chi connectivity index (χ0n) is 17.8. The number of ether oxygens (including phenoxy) is 3. The third-order valence-corrected chi connectivity index (χ3v) is 5.64. The Morgan fingerprint density at radius 2 is 1.59 bits per heavy atom. The maximum Gasteiger partial charge on any atom is 0.237 e. The van der Waals surface area contributed by atoms with Crippen LogP contribution < -0.4 is 19.5 Å². The molecule has 2 unspecified atom stereocenters. The summed E-state index contributed by atoms with van der Waals surface area (Å²) in [7, 11) is 4.93. The smallest absolute Gasteiger partial charge is 0.237 e. The van der Waals surface area contributed by atoms with E-state index in [1.807, 2.05) is 50.2 Å². The molecule has 0 aromatic heterocycles. The minimum absolute atomic E-state index is 0.00679. The number of para-hydroxylation sites is 1. The second kappa shape index (κ2) is 9.18. The first-order valence-electron chi connectivity index (χ1n) is 9.89. The Hall–Kier alpha value is -2.73. The number of nitrogens with zero attached hydrogens (tertiary/aromatic N) is 1. The summed E-state index contributed by atoms with van der Waals surface area (Å²) >= 11 is 0. The Kier molecular flexibility index (Phi) is 6.64. The average molecular weight is 399 g/mol. The number of carbonyl (C=O) groups is 1. The van der Waals surface area contributed by atoms with Crippen LogP contribution in [0.5, 0.6) is 17.2 Å². The van der Waals surface area contributed by atoms with E-state index in [0.717, 1.165) is 35.8 Å². The second-order valence-corrected chi connectivity index (χ2v) is 7.34. The van der Waals surface area contributed by atoms with E-state index in [0.29, 0.717) is 6.54 Å². The highest BCUT2D eigenvalue weighted by Crippen LogP contribution is 2.33.